The Bertz CT molecular complexity index is 1370. The lowest BCUT2D eigenvalue weighted by Crippen LogP contribution is -2.45. The number of amides is 1. The summed E-state index contributed by atoms with van der Waals surface area (Å²) in [6, 6.07) is 3.21. The van der Waals surface area contributed by atoms with Crippen LogP contribution in [-0.4, -0.2) is 61.3 Å². The molecule has 13 heteroatoms. The third kappa shape index (κ3) is 4.69. The number of anilines is 1. The molecular formula is C24H25F4N7O2. The van der Waals surface area contributed by atoms with Crippen LogP contribution in [0.15, 0.2) is 18.3 Å². The molecule has 3 aromatic heterocycles. The molecule has 0 radical (unpaired) electrons. The zero-order valence-corrected chi connectivity index (χ0v) is 20.5. The maximum atomic E-state index is 14.2. The second-order valence-electron chi connectivity index (χ2n) is 9.47. The standard InChI is InChI=1S/C24H25F4N7O2/c1-13-16(21-31-22(24(26,27)28)34(2)33-21)8-14-4-5-23(32-20(14)30-13)6-7-35(12-23)19(36)10-15-9-18(37-3)29-11-17(15)25/h8-9,11H,4-7,10,12H2,1-3H3,(H,30,32)/t23-/m0/s1. The Hall–Kier alpha value is -3.77. The minimum atomic E-state index is -4.61. The highest BCUT2D eigenvalue weighted by atomic mass is 19.4. The molecular weight excluding hydrogens is 494 g/mol. The van der Waals surface area contributed by atoms with Crippen molar-refractivity contribution in [3.8, 4) is 17.3 Å². The molecule has 1 spiro atoms. The number of rotatable bonds is 4. The van der Waals surface area contributed by atoms with Gasteiger partial charge in [-0.15, -0.1) is 0 Å². The first-order chi connectivity index (χ1) is 17.5. The van der Waals surface area contributed by atoms with E-state index in [0.29, 0.717) is 49.4 Å². The number of hydrogen-bond donors (Lipinski definition) is 1. The van der Waals surface area contributed by atoms with Crippen molar-refractivity contribution in [1.82, 2.24) is 29.6 Å². The number of hydrogen-bond acceptors (Lipinski definition) is 7. The zero-order chi connectivity index (χ0) is 26.5. The Balaban J connectivity index is 1.32. The van der Waals surface area contributed by atoms with Crippen LogP contribution >= 0.6 is 0 Å². The molecule has 1 fully saturated rings. The predicted molar refractivity (Wildman–Crippen MR) is 124 cm³/mol. The van der Waals surface area contributed by atoms with Gasteiger partial charge in [0.15, 0.2) is 5.82 Å². The summed E-state index contributed by atoms with van der Waals surface area (Å²) in [5.41, 5.74) is 1.63. The molecule has 37 heavy (non-hydrogen) atoms. The molecule has 1 saturated heterocycles. The summed E-state index contributed by atoms with van der Waals surface area (Å²) in [5, 5.41) is 7.43. The van der Waals surface area contributed by atoms with E-state index in [-0.39, 0.29) is 35.1 Å². The molecule has 0 bridgehead atoms. The highest BCUT2D eigenvalue weighted by Gasteiger charge is 2.43. The van der Waals surface area contributed by atoms with Crippen molar-refractivity contribution in [2.75, 3.05) is 25.5 Å². The minimum absolute atomic E-state index is 0.0273. The fourth-order valence-corrected chi connectivity index (χ4v) is 4.98. The number of carbonyl (C=O) groups excluding carboxylic acids is 1. The maximum absolute atomic E-state index is 14.2. The molecule has 1 amide bonds. The molecule has 3 aromatic rings. The van der Waals surface area contributed by atoms with Crippen LogP contribution in [0.5, 0.6) is 5.88 Å². The lowest BCUT2D eigenvalue weighted by Gasteiger charge is -2.36. The molecule has 5 heterocycles. The van der Waals surface area contributed by atoms with Crippen molar-refractivity contribution in [1.29, 1.82) is 0 Å². The largest absolute Gasteiger partial charge is 0.481 e. The first kappa shape index (κ1) is 24.9. The van der Waals surface area contributed by atoms with E-state index >= 15 is 0 Å². The van der Waals surface area contributed by atoms with Crippen molar-refractivity contribution in [2.45, 2.75) is 44.3 Å². The first-order valence-corrected chi connectivity index (χ1v) is 11.7. The molecule has 2 aliphatic rings. The number of alkyl halides is 3. The Labute approximate surface area is 209 Å². The Morgan fingerprint density at radius 3 is 2.73 bits per heavy atom. The van der Waals surface area contributed by atoms with Crippen LogP contribution in [0.4, 0.5) is 23.4 Å². The van der Waals surface area contributed by atoms with Gasteiger partial charge < -0.3 is 15.0 Å². The van der Waals surface area contributed by atoms with Gasteiger partial charge in [-0.25, -0.2) is 24.0 Å². The number of fused-ring (bicyclic) bond motifs is 1. The number of pyridine rings is 2. The van der Waals surface area contributed by atoms with Gasteiger partial charge >= 0.3 is 6.18 Å². The molecule has 0 aromatic carbocycles. The van der Waals surface area contributed by atoms with E-state index in [0.717, 1.165) is 16.4 Å². The predicted octanol–water partition coefficient (Wildman–Crippen LogP) is 3.32. The Morgan fingerprint density at radius 1 is 1.24 bits per heavy atom. The van der Waals surface area contributed by atoms with Gasteiger partial charge in [0, 0.05) is 37.3 Å². The number of ether oxygens (including phenoxy) is 1. The fraction of sp³-hybridized carbons (Fsp3) is 0.458. The molecule has 1 atom stereocenters. The normalized spacial score (nSPS) is 19.2. The van der Waals surface area contributed by atoms with Gasteiger partial charge in [0.05, 0.1) is 31.0 Å². The van der Waals surface area contributed by atoms with Crippen molar-refractivity contribution in [2.24, 2.45) is 7.05 Å². The van der Waals surface area contributed by atoms with Crippen molar-refractivity contribution in [3.05, 3.63) is 46.8 Å². The van der Waals surface area contributed by atoms with Gasteiger partial charge in [0.25, 0.3) is 0 Å². The Kier molecular flexibility index (Phi) is 6.03. The highest BCUT2D eigenvalue weighted by molar-refractivity contribution is 5.79. The lowest BCUT2D eigenvalue weighted by atomic mass is 9.86. The van der Waals surface area contributed by atoms with E-state index in [1.54, 1.807) is 17.9 Å². The van der Waals surface area contributed by atoms with Crippen LogP contribution in [0.2, 0.25) is 0 Å². The fourth-order valence-electron chi connectivity index (χ4n) is 4.98. The van der Waals surface area contributed by atoms with Crippen LogP contribution in [-0.2, 0) is 30.9 Å². The van der Waals surface area contributed by atoms with E-state index in [4.69, 9.17) is 4.74 Å². The van der Waals surface area contributed by atoms with Gasteiger partial charge in [-0.05, 0) is 37.8 Å². The summed E-state index contributed by atoms with van der Waals surface area (Å²) in [6.07, 6.45) is -1.65. The highest BCUT2D eigenvalue weighted by Crippen LogP contribution is 2.38. The number of aryl methyl sites for hydroxylation is 3. The molecule has 9 nitrogen and oxygen atoms in total. The molecule has 1 N–H and O–H groups in total. The second kappa shape index (κ2) is 8.96. The minimum Gasteiger partial charge on any atom is -0.481 e. The number of aromatic nitrogens is 5. The molecule has 2 aliphatic heterocycles. The third-order valence-electron chi connectivity index (χ3n) is 6.97. The summed E-state index contributed by atoms with van der Waals surface area (Å²) in [6.45, 7) is 2.65. The van der Waals surface area contributed by atoms with Crippen LogP contribution in [0.1, 0.15) is 35.5 Å². The average molecular weight is 520 g/mol. The summed E-state index contributed by atoms with van der Waals surface area (Å²) < 4.78 is 59.5. The summed E-state index contributed by atoms with van der Waals surface area (Å²) >= 11 is 0. The quantitative estimate of drug-likeness (QED) is 0.528. The van der Waals surface area contributed by atoms with Crippen LogP contribution in [0, 0.1) is 12.7 Å². The van der Waals surface area contributed by atoms with E-state index < -0.39 is 17.8 Å². The van der Waals surface area contributed by atoms with Gasteiger partial charge in [0.2, 0.25) is 17.6 Å². The van der Waals surface area contributed by atoms with Crippen LogP contribution in [0.3, 0.4) is 0 Å². The monoisotopic (exact) mass is 519 g/mol. The second-order valence-corrected chi connectivity index (χ2v) is 9.47. The summed E-state index contributed by atoms with van der Waals surface area (Å²) in [7, 11) is 2.63. The van der Waals surface area contributed by atoms with E-state index in [9.17, 15) is 22.4 Å². The smallest absolute Gasteiger partial charge is 0.451 e. The number of methoxy groups -OCH3 is 1. The van der Waals surface area contributed by atoms with Crippen LogP contribution < -0.4 is 10.1 Å². The van der Waals surface area contributed by atoms with E-state index in [1.807, 2.05) is 0 Å². The van der Waals surface area contributed by atoms with E-state index in [1.165, 1.54) is 20.2 Å². The maximum Gasteiger partial charge on any atom is 0.451 e. The summed E-state index contributed by atoms with van der Waals surface area (Å²) in [4.78, 5) is 26.8. The number of carbonyl (C=O) groups is 1. The molecule has 0 saturated carbocycles. The SMILES string of the molecule is COc1cc(CC(=O)N2CC[C@@]3(CCc4cc(-c5nc(C(F)(F)F)n(C)n5)c(C)nc4N3)C2)c(F)cn1. The zero-order valence-electron chi connectivity index (χ0n) is 20.5. The third-order valence-corrected chi connectivity index (χ3v) is 6.97. The number of likely N-dealkylation sites (tertiary alicyclic amines) is 1. The first-order valence-electron chi connectivity index (χ1n) is 11.7. The molecule has 196 valence electrons. The van der Waals surface area contributed by atoms with Gasteiger partial charge in [0.1, 0.15) is 11.6 Å². The lowest BCUT2D eigenvalue weighted by molar-refractivity contribution is -0.147. The molecule has 0 unspecified atom stereocenters. The summed E-state index contributed by atoms with van der Waals surface area (Å²) in [5.74, 6) is -0.980. The van der Waals surface area contributed by atoms with Gasteiger partial charge in [-0.1, -0.05) is 0 Å². The number of nitrogens with zero attached hydrogens (tertiary/aromatic N) is 6. The van der Waals surface area contributed by atoms with Gasteiger partial charge in [-0.2, -0.15) is 18.3 Å². The number of nitrogens with one attached hydrogen (secondary N) is 1. The van der Waals surface area contributed by atoms with Crippen molar-refractivity contribution < 1.29 is 27.1 Å². The molecule has 0 aliphatic carbocycles. The Morgan fingerprint density at radius 2 is 2.03 bits per heavy atom. The van der Waals surface area contributed by atoms with Gasteiger partial charge in [-0.3, -0.25) is 4.79 Å². The number of halogens is 4. The van der Waals surface area contributed by atoms with Crippen molar-refractivity contribution in [3.63, 3.8) is 0 Å². The van der Waals surface area contributed by atoms with Crippen LogP contribution in [0.25, 0.3) is 11.4 Å². The van der Waals surface area contributed by atoms with E-state index in [2.05, 4.69) is 25.4 Å². The topological polar surface area (TPSA) is 98.1 Å². The van der Waals surface area contributed by atoms with Crippen molar-refractivity contribution >= 4 is 11.7 Å². The molecule has 5 rings (SSSR count). The average Bonchev–Trinajstić information content (AvgIpc) is 3.44.